The van der Waals surface area contributed by atoms with Crippen molar-refractivity contribution >= 4 is 5.97 Å². The summed E-state index contributed by atoms with van der Waals surface area (Å²) in [4.78, 5) is 10.3. The minimum absolute atomic E-state index is 0.121. The van der Waals surface area contributed by atoms with Crippen molar-refractivity contribution in [1.29, 1.82) is 0 Å². The monoisotopic (exact) mass is 170 g/mol. The summed E-state index contributed by atoms with van der Waals surface area (Å²) < 4.78 is 37.0. The van der Waals surface area contributed by atoms with Gasteiger partial charge in [-0.1, -0.05) is 13.8 Å². The average Bonchev–Trinajstić information content (AvgIpc) is 1.53. The number of rotatable bonds is 2. The first kappa shape index (κ1) is 10.3. The van der Waals surface area contributed by atoms with Crippen molar-refractivity contribution in [2.75, 3.05) is 0 Å². The van der Waals surface area contributed by atoms with Crippen molar-refractivity contribution in [3.05, 3.63) is 0 Å². The van der Waals surface area contributed by atoms with Crippen LogP contribution >= 0.6 is 0 Å². The number of alkyl halides is 3. The first-order chi connectivity index (χ1) is 4.81. The van der Waals surface area contributed by atoms with Crippen LogP contribution in [0.5, 0.6) is 0 Å². The van der Waals surface area contributed by atoms with Crippen LogP contribution in [-0.2, 0) is 9.53 Å². The SMILES string of the molecule is CC(C)CC(=O)OC(F)(F)F. The molecule has 0 aliphatic carbocycles. The molecule has 0 heterocycles. The molecule has 0 saturated carbocycles. The molecule has 5 heteroatoms. The van der Waals surface area contributed by atoms with Gasteiger partial charge in [0.05, 0.1) is 0 Å². The number of carbonyl (C=O) groups excluding carboxylic acids is 1. The summed E-state index contributed by atoms with van der Waals surface area (Å²) in [5.41, 5.74) is 0. The van der Waals surface area contributed by atoms with Gasteiger partial charge in [0.1, 0.15) is 0 Å². The Morgan fingerprint density at radius 1 is 1.45 bits per heavy atom. The van der Waals surface area contributed by atoms with Crippen molar-refractivity contribution in [3.8, 4) is 0 Å². The Hall–Kier alpha value is -0.740. The summed E-state index contributed by atoms with van der Waals surface area (Å²) in [6.45, 7) is 3.27. The standard InChI is InChI=1S/C6H9F3O2/c1-4(2)3-5(10)11-6(7,8)9/h4H,3H2,1-2H3. The lowest BCUT2D eigenvalue weighted by Gasteiger charge is -2.07. The van der Waals surface area contributed by atoms with Crippen LogP contribution in [0.2, 0.25) is 0 Å². The van der Waals surface area contributed by atoms with E-state index in [1.165, 1.54) is 0 Å². The molecule has 0 aromatic rings. The second kappa shape index (κ2) is 3.59. The predicted octanol–water partition coefficient (Wildman–Crippen LogP) is 2.10. The maximum absolute atomic E-state index is 11.3. The third kappa shape index (κ3) is 7.15. The van der Waals surface area contributed by atoms with Gasteiger partial charge in [0.2, 0.25) is 0 Å². The quantitative estimate of drug-likeness (QED) is 0.593. The van der Waals surface area contributed by atoms with Gasteiger partial charge in [0.15, 0.2) is 0 Å². The molecule has 2 nitrogen and oxygen atoms in total. The molecule has 0 aromatic carbocycles. The second-order valence-corrected chi connectivity index (χ2v) is 2.52. The summed E-state index contributed by atoms with van der Waals surface area (Å²) in [7, 11) is 0. The molecular weight excluding hydrogens is 161 g/mol. The van der Waals surface area contributed by atoms with Crippen LogP contribution in [0.25, 0.3) is 0 Å². The van der Waals surface area contributed by atoms with Crippen LogP contribution in [0.15, 0.2) is 0 Å². The van der Waals surface area contributed by atoms with Gasteiger partial charge in [-0.3, -0.25) is 4.79 Å². The number of esters is 1. The van der Waals surface area contributed by atoms with E-state index in [2.05, 4.69) is 4.74 Å². The van der Waals surface area contributed by atoms with Crippen LogP contribution in [0, 0.1) is 5.92 Å². The Kier molecular flexibility index (Phi) is 3.35. The fraction of sp³-hybridized carbons (Fsp3) is 0.833. The highest BCUT2D eigenvalue weighted by atomic mass is 19.4. The fourth-order valence-corrected chi connectivity index (χ4v) is 0.504. The molecule has 0 N–H and O–H groups in total. The molecule has 0 aliphatic heterocycles. The van der Waals surface area contributed by atoms with Gasteiger partial charge < -0.3 is 4.74 Å². The largest absolute Gasteiger partial charge is 0.575 e. The van der Waals surface area contributed by atoms with Gasteiger partial charge in [-0.2, -0.15) is 0 Å². The molecule has 0 atom stereocenters. The van der Waals surface area contributed by atoms with E-state index in [1.807, 2.05) is 0 Å². The van der Waals surface area contributed by atoms with Crippen molar-refractivity contribution in [3.63, 3.8) is 0 Å². The van der Waals surface area contributed by atoms with Crippen LogP contribution in [0.1, 0.15) is 20.3 Å². The van der Waals surface area contributed by atoms with Gasteiger partial charge in [0.25, 0.3) is 0 Å². The normalized spacial score (nSPS) is 11.8. The Balaban J connectivity index is 3.71. The van der Waals surface area contributed by atoms with E-state index in [0.717, 1.165) is 0 Å². The highest BCUT2D eigenvalue weighted by Crippen LogP contribution is 2.18. The Labute approximate surface area is 62.3 Å². The maximum atomic E-state index is 11.3. The molecule has 0 spiro atoms. The lowest BCUT2D eigenvalue weighted by molar-refractivity contribution is -0.306. The topological polar surface area (TPSA) is 26.3 Å². The number of carbonyl (C=O) groups is 1. The van der Waals surface area contributed by atoms with E-state index >= 15 is 0 Å². The summed E-state index contributed by atoms with van der Waals surface area (Å²) in [6.07, 6.45) is -5.05. The van der Waals surface area contributed by atoms with Crippen molar-refractivity contribution in [2.45, 2.75) is 26.6 Å². The van der Waals surface area contributed by atoms with E-state index in [-0.39, 0.29) is 12.3 Å². The van der Waals surface area contributed by atoms with Crippen molar-refractivity contribution in [2.24, 2.45) is 5.92 Å². The third-order valence-corrected chi connectivity index (χ3v) is 0.804. The van der Waals surface area contributed by atoms with E-state index in [9.17, 15) is 18.0 Å². The molecular formula is C6H9F3O2. The van der Waals surface area contributed by atoms with Crippen molar-refractivity contribution in [1.82, 2.24) is 0 Å². The van der Waals surface area contributed by atoms with Crippen LogP contribution in [0.3, 0.4) is 0 Å². The van der Waals surface area contributed by atoms with Crippen LogP contribution in [-0.4, -0.2) is 12.3 Å². The minimum Gasteiger partial charge on any atom is -0.373 e. The average molecular weight is 170 g/mol. The Morgan fingerprint density at radius 2 is 1.91 bits per heavy atom. The van der Waals surface area contributed by atoms with Gasteiger partial charge >= 0.3 is 12.3 Å². The smallest absolute Gasteiger partial charge is 0.373 e. The zero-order valence-electron chi connectivity index (χ0n) is 6.23. The number of hydrogen-bond donors (Lipinski definition) is 0. The van der Waals surface area contributed by atoms with Gasteiger partial charge in [-0.05, 0) is 5.92 Å². The van der Waals surface area contributed by atoms with Crippen LogP contribution < -0.4 is 0 Å². The highest BCUT2D eigenvalue weighted by Gasteiger charge is 2.33. The molecule has 11 heavy (non-hydrogen) atoms. The van der Waals surface area contributed by atoms with E-state index in [1.54, 1.807) is 13.8 Å². The van der Waals surface area contributed by atoms with Gasteiger partial charge in [-0.15, -0.1) is 13.2 Å². The van der Waals surface area contributed by atoms with E-state index in [0.29, 0.717) is 0 Å². The number of ether oxygens (including phenoxy) is 1. The predicted molar refractivity (Wildman–Crippen MR) is 31.6 cm³/mol. The summed E-state index contributed by atoms with van der Waals surface area (Å²) in [5, 5.41) is 0. The molecule has 0 aliphatic rings. The summed E-state index contributed by atoms with van der Waals surface area (Å²) in [6, 6.07) is 0. The highest BCUT2D eigenvalue weighted by molar-refractivity contribution is 5.69. The molecule has 0 fully saturated rings. The molecule has 0 rings (SSSR count). The third-order valence-electron chi connectivity index (χ3n) is 0.804. The van der Waals surface area contributed by atoms with Crippen molar-refractivity contribution < 1.29 is 22.7 Å². The molecule has 0 unspecified atom stereocenters. The minimum atomic E-state index is -4.84. The molecule has 0 aromatic heterocycles. The van der Waals surface area contributed by atoms with E-state index in [4.69, 9.17) is 0 Å². The first-order valence-electron chi connectivity index (χ1n) is 3.10. The number of halogens is 3. The zero-order chi connectivity index (χ0) is 9.07. The molecule has 0 saturated heterocycles. The van der Waals surface area contributed by atoms with E-state index < -0.39 is 12.3 Å². The Bertz CT molecular complexity index is 139. The lowest BCUT2D eigenvalue weighted by atomic mass is 10.1. The molecule has 0 amide bonds. The first-order valence-corrected chi connectivity index (χ1v) is 3.10. The summed E-state index contributed by atoms with van der Waals surface area (Å²) in [5.74, 6) is -1.35. The Morgan fingerprint density at radius 3 is 2.18 bits per heavy atom. The zero-order valence-corrected chi connectivity index (χ0v) is 6.23. The van der Waals surface area contributed by atoms with Gasteiger partial charge in [0, 0.05) is 6.42 Å². The molecule has 0 bridgehead atoms. The van der Waals surface area contributed by atoms with Gasteiger partial charge in [-0.25, -0.2) is 0 Å². The fourth-order valence-electron chi connectivity index (χ4n) is 0.504. The molecule has 66 valence electrons. The second-order valence-electron chi connectivity index (χ2n) is 2.52. The van der Waals surface area contributed by atoms with Crippen LogP contribution in [0.4, 0.5) is 13.2 Å². The lowest BCUT2D eigenvalue weighted by Crippen LogP contribution is -2.20. The summed E-state index contributed by atoms with van der Waals surface area (Å²) >= 11 is 0. The maximum Gasteiger partial charge on any atom is 0.575 e. The molecule has 0 radical (unpaired) electrons. The number of hydrogen-bond acceptors (Lipinski definition) is 2.